The highest BCUT2D eigenvalue weighted by atomic mass is 16.5. The average molecular weight is 332 g/mol. The molecule has 0 heterocycles. The van der Waals surface area contributed by atoms with Crippen LogP contribution in [0.4, 0.5) is 0 Å². The number of hydrogen-bond acceptors (Lipinski definition) is 3. The third-order valence-corrected chi connectivity index (χ3v) is 4.38. The van der Waals surface area contributed by atoms with Gasteiger partial charge in [-0.25, -0.2) is 0 Å². The molecule has 1 aliphatic rings. The van der Waals surface area contributed by atoms with Gasteiger partial charge >= 0.3 is 0 Å². The molecule has 0 aliphatic heterocycles. The van der Waals surface area contributed by atoms with Gasteiger partial charge in [-0.3, -0.25) is 9.89 Å². The molecule has 2 rings (SSSR count). The fourth-order valence-corrected chi connectivity index (χ4v) is 2.94. The van der Waals surface area contributed by atoms with Crippen molar-refractivity contribution in [3.63, 3.8) is 0 Å². The van der Waals surface area contributed by atoms with Crippen LogP contribution in [-0.2, 0) is 6.54 Å². The standard InChI is InChI=1S/C19H32N4O/c1-5-23(17-9-10-17)14-13-21-19(20-3)22(4)15-16-7-11-18(12-8-16)24-6-2/h7-8,11-12,17H,5-6,9-10,13-15H2,1-4H3,(H,20,21). The van der Waals surface area contributed by atoms with E-state index < -0.39 is 0 Å². The smallest absolute Gasteiger partial charge is 0.193 e. The minimum absolute atomic E-state index is 0.700. The lowest BCUT2D eigenvalue weighted by Gasteiger charge is -2.24. The van der Waals surface area contributed by atoms with E-state index in [2.05, 4.69) is 46.2 Å². The lowest BCUT2D eigenvalue weighted by molar-refractivity contribution is 0.280. The topological polar surface area (TPSA) is 40.1 Å². The van der Waals surface area contributed by atoms with E-state index in [1.54, 1.807) is 0 Å². The molecular weight excluding hydrogens is 300 g/mol. The normalized spacial score (nSPS) is 14.8. The minimum atomic E-state index is 0.700. The van der Waals surface area contributed by atoms with Crippen LogP contribution in [0.15, 0.2) is 29.3 Å². The highest BCUT2D eigenvalue weighted by molar-refractivity contribution is 5.79. The van der Waals surface area contributed by atoms with E-state index in [1.807, 2.05) is 26.1 Å². The Bertz CT molecular complexity index is 511. The maximum Gasteiger partial charge on any atom is 0.193 e. The van der Waals surface area contributed by atoms with Crippen molar-refractivity contribution in [3.05, 3.63) is 29.8 Å². The van der Waals surface area contributed by atoms with E-state index in [4.69, 9.17) is 4.74 Å². The molecule has 134 valence electrons. The average Bonchev–Trinajstić information content (AvgIpc) is 3.42. The number of ether oxygens (including phenoxy) is 1. The van der Waals surface area contributed by atoms with Crippen molar-refractivity contribution < 1.29 is 4.74 Å². The summed E-state index contributed by atoms with van der Waals surface area (Å²) >= 11 is 0. The number of guanidine groups is 1. The largest absolute Gasteiger partial charge is 0.494 e. The van der Waals surface area contributed by atoms with Gasteiger partial charge in [0.05, 0.1) is 6.61 Å². The van der Waals surface area contributed by atoms with Crippen LogP contribution in [-0.4, -0.2) is 62.1 Å². The summed E-state index contributed by atoms with van der Waals surface area (Å²) in [5.41, 5.74) is 1.25. The first-order valence-corrected chi connectivity index (χ1v) is 9.05. The number of rotatable bonds is 9. The number of hydrogen-bond donors (Lipinski definition) is 1. The molecule has 0 unspecified atom stereocenters. The van der Waals surface area contributed by atoms with Crippen LogP contribution in [0.3, 0.4) is 0 Å². The second-order valence-corrected chi connectivity index (χ2v) is 6.27. The fourth-order valence-electron chi connectivity index (χ4n) is 2.94. The van der Waals surface area contributed by atoms with Crippen LogP contribution in [0.5, 0.6) is 5.75 Å². The van der Waals surface area contributed by atoms with Gasteiger partial charge < -0.3 is 15.0 Å². The number of nitrogens with one attached hydrogen (secondary N) is 1. The van der Waals surface area contributed by atoms with Crippen LogP contribution in [0, 0.1) is 0 Å². The Kier molecular flexibility index (Phi) is 7.37. The Balaban J connectivity index is 1.78. The summed E-state index contributed by atoms with van der Waals surface area (Å²) in [5, 5.41) is 3.48. The Hall–Kier alpha value is -1.75. The van der Waals surface area contributed by atoms with Crippen molar-refractivity contribution in [3.8, 4) is 5.75 Å². The fraction of sp³-hybridized carbons (Fsp3) is 0.632. The first-order chi connectivity index (χ1) is 11.7. The van der Waals surface area contributed by atoms with Crippen molar-refractivity contribution >= 4 is 5.96 Å². The quantitative estimate of drug-likeness (QED) is 0.557. The van der Waals surface area contributed by atoms with Crippen LogP contribution >= 0.6 is 0 Å². The van der Waals surface area contributed by atoms with E-state index in [-0.39, 0.29) is 0 Å². The van der Waals surface area contributed by atoms with Gasteiger partial charge in [0.2, 0.25) is 0 Å². The molecular formula is C19H32N4O. The second-order valence-electron chi connectivity index (χ2n) is 6.27. The molecule has 5 heteroatoms. The third kappa shape index (κ3) is 5.71. The number of nitrogens with zero attached hydrogens (tertiary/aromatic N) is 3. The zero-order valence-electron chi connectivity index (χ0n) is 15.6. The Labute approximate surface area is 146 Å². The Morgan fingerprint density at radius 2 is 1.96 bits per heavy atom. The first kappa shape index (κ1) is 18.6. The molecule has 0 amide bonds. The highest BCUT2D eigenvalue weighted by Crippen LogP contribution is 2.25. The predicted octanol–water partition coefficient (Wildman–Crippen LogP) is 2.58. The Morgan fingerprint density at radius 3 is 2.50 bits per heavy atom. The SMILES string of the molecule is CCOc1ccc(CN(C)C(=NC)NCCN(CC)C2CC2)cc1. The van der Waals surface area contributed by atoms with Gasteiger partial charge in [0.1, 0.15) is 5.75 Å². The number of benzene rings is 1. The van der Waals surface area contributed by atoms with Gasteiger partial charge in [0.15, 0.2) is 5.96 Å². The summed E-state index contributed by atoms with van der Waals surface area (Å²) in [4.78, 5) is 9.11. The number of likely N-dealkylation sites (N-methyl/N-ethyl adjacent to an activating group) is 1. The van der Waals surface area contributed by atoms with E-state index in [0.717, 1.165) is 43.9 Å². The number of aliphatic imine (C=N–C) groups is 1. The molecule has 1 saturated carbocycles. The highest BCUT2D eigenvalue weighted by Gasteiger charge is 2.27. The second kappa shape index (κ2) is 9.52. The maximum atomic E-state index is 5.49. The van der Waals surface area contributed by atoms with Crippen molar-refractivity contribution in [1.82, 2.24) is 15.1 Å². The van der Waals surface area contributed by atoms with Gasteiger partial charge in [-0.2, -0.15) is 0 Å². The molecule has 1 fully saturated rings. The van der Waals surface area contributed by atoms with Crippen molar-refractivity contribution in [2.45, 2.75) is 39.3 Å². The van der Waals surface area contributed by atoms with Crippen molar-refractivity contribution in [2.75, 3.05) is 40.3 Å². The molecule has 1 aromatic rings. The maximum absolute atomic E-state index is 5.49. The lowest BCUT2D eigenvalue weighted by atomic mass is 10.2. The van der Waals surface area contributed by atoms with E-state index >= 15 is 0 Å². The molecule has 0 spiro atoms. The molecule has 0 bridgehead atoms. The molecule has 1 aliphatic carbocycles. The van der Waals surface area contributed by atoms with Crippen molar-refractivity contribution in [2.24, 2.45) is 4.99 Å². The molecule has 0 saturated heterocycles. The van der Waals surface area contributed by atoms with Gasteiger partial charge in [0, 0.05) is 39.8 Å². The van der Waals surface area contributed by atoms with E-state index in [0.29, 0.717) is 6.61 Å². The summed E-state index contributed by atoms with van der Waals surface area (Å²) in [6.45, 7) is 8.91. The molecule has 1 aromatic carbocycles. The van der Waals surface area contributed by atoms with Crippen LogP contribution < -0.4 is 10.1 Å². The van der Waals surface area contributed by atoms with Crippen LogP contribution in [0.1, 0.15) is 32.3 Å². The zero-order chi connectivity index (χ0) is 17.4. The predicted molar refractivity (Wildman–Crippen MR) is 101 cm³/mol. The van der Waals surface area contributed by atoms with E-state index in [9.17, 15) is 0 Å². The molecule has 0 aromatic heterocycles. The molecule has 0 radical (unpaired) electrons. The first-order valence-electron chi connectivity index (χ1n) is 9.05. The summed E-state index contributed by atoms with van der Waals surface area (Å²) in [7, 11) is 3.92. The van der Waals surface area contributed by atoms with Crippen LogP contribution in [0.2, 0.25) is 0 Å². The van der Waals surface area contributed by atoms with Gasteiger partial charge in [0.25, 0.3) is 0 Å². The third-order valence-electron chi connectivity index (χ3n) is 4.38. The molecule has 24 heavy (non-hydrogen) atoms. The van der Waals surface area contributed by atoms with Gasteiger partial charge in [-0.1, -0.05) is 19.1 Å². The molecule has 5 nitrogen and oxygen atoms in total. The molecule has 1 N–H and O–H groups in total. The molecule has 0 atom stereocenters. The zero-order valence-corrected chi connectivity index (χ0v) is 15.6. The monoisotopic (exact) mass is 332 g/mol. The van der Waals surface area contributed by atoms with Gasteiger partial charge in [-0.05, 0) is 44.0 Å². The summed E-state index contributed by atoms with van der Waals surface area (Å²) in [5.74, 6) is 1.86. The van der Waals surface area contributed by atoms with E-state index in [1.165, 1.54) is 18.4 Å². The summed E-state index contributed by atoms with van der Waals surface area (Å²) in [6.07, 6.45) is 2.72. The lowest BCUT2D eigenvalue weighted by Crippen LogP contribution is -2.42. The minimum Gasteiger partial charge on any atom is -0.494 e. The summed E-state index contributed by atoms with van der Waals surface area (Å²) in [6, 6.07) is 9.09. The van der Waals surface area contributed by atoms with Crippen LogP contribution in [0.25, 0.3) is 0 Å². The Morgan fingerprint density at radius 1 is 1.25 bits per heavy atom. The van der Waals surface area contributed by atoms with Crippen molar-refractivity contribution in [1.29, 1.82) is 0 Å². The van der Waals surface area contributed by atoms with Gasteiger partial charge in [-0.15, -0.1) is 0 Å². The summed E-state index contributed by atoms with van der Waals surface area (Å²) < 4.78 is 5.49.